The van der Waals surface area contributed by atoms with E-state index in [4.69, 9.17) is 10.5 Å². The van der Waals surface area contributed by atoms with Gasteiger partial charge in [0.1, 0.15) is 0 Å². The highest BCUT2D eigenvalue weighted by Crippen LogP contribution is 2.29. The van der Waals surface area contributed by atoms with Crippen molar-refractivity contribution in [3.8, 4) is 0 Å². The van der Waals surface area contributed by atoms with E-state index in [1.807, 2.05) is 17.0 Å². The van der Waals surface area contributed by atoms with Crippen molar-refractivity contribution in [2.45, 2.75) is 31.6 Å². The molecular formula is C17H23N5O2. The Bertz CT molecular complexity index is 738. The molecule has 2 aromatic heterocycles. The van der Waals surface area contributed by atoms with Crippen LogP contribution in [0.4, 0.5) is 5.95 Å². The van der Waals surface area contributed by atoms with Crippen LogP contribution in [0, 0.1) is 5.92 Å². The molecule has 2 saturated heterocycles. The zero-order chi connectivity index (χ0) is 16.5. The maximum Gasteiger partial charge on any atom is 0.225 e. The SMILES string of the molecule is Nc1nc(C2CCCN(C(=O)C3CCOCC3)C2)cc2ccnn12. The highest BCUT2D eigenvalue weighted by Gasteiger charge is 2.31. The van der Waals surface area contributed by atoms with Crippen LogP contribution >= 0.6 is 0 Å². The lowest BCUT2D eigenvalue weighted by molar-refractivity contribution is -0.139. The summed E-state index contributed by atoms with van der Waals surface area (Å²) in [4.78, 5) is 19.3. The molecule has 2 aliphatic heterocycles. The summed E-state index contributed by atoms with van der Waals surface area (Å²) in [6.07, 6.45) is 5.44. The van der Waals surface area contributed by atoms with Crippen LogP contribution in [0.25, 0.3) is 5.52 Å². The van der Waals surface area contributed by atoms with E-state index < -0.39 is 0 Å². The number of carbonyl (C=O) groups is 1. The number of nitrogen functional groups attached to an aromatic ring is 1. The molecular weight excluding hydrogens is 306 g/mol. The van der Waals surface area contributed by atoms with Crippen LogP contribution in [0.3, 0.4) is 0 Å². The van der Waals surface area contributed by atoms with Crippen molar-refractivity contribution in [1.29, 1.82) is 0 Å². The third-order valence-electron chi connectivity index (χ3n) is 5.15. The van der Waals surface area contributed by atoms with Crippen LogP contribution in [0.1, 0.15) is 37.3 Å². The summed E-state index contributed by atoms with van der Waals surface area (Å²) in [5.74, 6) is 1.04. The maximum absolute atomic E-state index is 12.8. The van der Waals surface area contributed by atoms with Crippen molar-refractivity contribution in [2.24, 2.45) is 5.92 Å². The number of ether oxygens (including phenoxy) is 1. The predicted molar refractivity (Wildman–Crippen MR) is 89.5 cm³/mol. The lowest BCUT2D eigenvalue weighted by Crippen LogP contribution is -2.43. The van der Waals surface area contributed by atoms with Gasteiger partial charge in [-0.2, -0.15) is 5.10 Å². The number of carbonyl (C=O) groups excluding carboxylic acids is 1. The van der Waals surface area contributed by atoms with Crippen molar-refractivity contribution in [3.05, 3.63) is 24.0 Å². The van der Waals surface area contributed by atoms with E-state index in [1.54, 1.807) is 10.7 Å². The molecule has 24 heavy (non-hydrogen) atoms. The Kier molecular flexibility index (Phi) is 4.10. The minimum Gasteiger partial charge on any atom is -0.381 e. The summed E-state index contributed by atoms with van der Waals surface area (Å²) in [6.45, 7) is 2.97. The smallest absolute Gasteiger partial charge is 0.225 e. The number of aromatic nitrogens is 3. The van der Waals surface area contributed by atoms with Gasteiger partial charge in [-0.05, 0) is 37.8 Å². The summed E-state index contributed by atoms with van der Waals surface area (Å²) in [5.41, 5.74) is 7.93. The third kappa shape index (κ3) is 2.84. The highest BCUT2D eigenvalue weighted by molar-refractivity contribution is 5.79. The van der Waals surface area contributed by atoms with Crippen molar-refractivity contribution in [2.75, 3.05) is 32.0 Å². The van der Waals surface area contributed by atoms with Gasteiger partial charge in [0.15, 0.2) is 0 Å². The molecule has 1 amide bonds. The van der Waals surface area contributed by atoms with Gasteiger partial charge in [-0.1, -0.05) is 0 Å². The van der Waals surface area contributed by atoms with E-state index in [0.717, 1.165) is 50.0 Å². The number of hydrogen-bond donors (Lipinski definition) is 1. The van der Waals surface area contributed by atoms with Crippen LogP contribution in [0.15, 0.2) is 18.3 Å². The first-order valence-corrected chi connectivity index (χ1v) is 8.69. The highest BCUT2D eigenvalue weighted by atomic mass is 16.5. The fraction of sp³-hybridized carbons (Fsp3) is 0.588. The fourth-order valence-electron chi connectivity index (χ4n) is 3.81. The van der Waals surface area contributed by atoms with Gasteiger partial charge in [-0.25, -0.2) is 9.50 Å². The predicted octanol–water partition coefficient (Wildman–Crippen LogP) is 1.44. The first-order chi connectivity index (χ1) is 11.7. The average Bonchev–Trinajstić information content (AvgIpc) is 3.11. The molecule has 2 fully saturated rings. The van der Waals surface area contributed by atoms with Gasteiger partial charge >= 0.3 is 0 Å². The Balaban J connectivity index is 1.52. The maximum atomic E-state index is 12.8. The normalized spacial score (nSPS) is 22.8. The van der Waals surface area contributed by atoms with Crippen LogP contribution in [-0.4, -0.2) is 51.7 Å². The summed E-state index contributed by atoms with van der Waals surface area (Å²) >= 11 is 0. The molecule has 0 aromatic carbocycles. The number of fused-ring (bicyclic) bond motifs is 1. The Morgan fingerprint density at radius 3 is 2.96 bits per heavy atom. The van der Waals surface area contributed by atoms with Crippen molar-refractivity contribution >= 4 is 17.4 Å². The summed E-state index contributed by atoms with van der Waals surface area (Å²) < 4.78 is 7.01. The van der Waals surface area contributed by atoms with Gasteiger partial charge in [-0.15, -0.1) is 0 Å². The molecule has 2 N–H and O–H groups in total. The van der Waals surface area contributed by atoms with Gasteiger partial charge in [0.2, 0.25) is 11.9 Å². The second-order valence-electron chi connectivity index (χ2n) is 6.72. The number of nitrogens with two attached hydrogens (primary N) is 1. The van der Waals surface area contributed by atoms with E-state index >= 15 is 0 Å². The molecule has 7 nitrogen and oxygen atoms in total. The molecule has 1 atom stereocenters. The molecule has 2 aliphatic rings. The van der Waals surface area contributed by atoms with E-state index in [2.05, 4.69) is 10.1 Å². The monoisotopic (exact) mass is 329 g/mol. The lowest BCUT2D eigenvalue weighted by Gasteiger charge is -2.35. The van der Waals surface area contributed by atoms with Crippen molar-refractivity contribution in [1.82, 2.24) is 19.5 Å². The quantitative estimate of drug-likeness (QED) is 0.901. The second kappa shape index (κ2) is 6.39. The molecule has 2 aromatic rings. The number of likely N-dealkylation sites (tertiary alicyclic amines) is 1. The van der Waals surface area contributed by atoms with E-state index in [1.165, 1.54) is 0 Å². The molecule has 0 bridgehead atoms. The second-order valence-corrected chi connectivity index (χ2v) is 6.72. The van der Waals surface area contributed by atoms with Gasteiger partial charge in [0.05, 0.1) is 17.4 Å². The molecule has 4 rings (SSSR count). The Morgan fingerprint density at radius 2 is 2.12 bits per heavy atom. The minimum absolute atomic E-state index is 0.118. The van der Waals surface area contributed by atoms with Crippen molar-refractivity contribution < 1.29 is 9.53 Å². The van der Waals surface area contributed by atoms with Gasteiger partial charge in [-0.3, -0.25) is 4.79 Å². The molecule has 0 radical (unpaired) electrons. The van der Waals surface area contributed by atoms with Gasteiger partial charge < -0.3 is 15.4 Å². The first-order valence-electron chi connectivity index (χ1n) is 8.69. The Labute approximate surface area is 140 Å². The lowest BCUT2D eigenvalue weighted by atomic mass is 9.91. The number of hydrogen-bond acceptors (Lipinski definition) is 5. The first kappa shape index (κ1) is 15.4. The number of anilines is 1. The topological polar surface area (TPSA) is 85.8 Å². The van der Waals surface area contributed by atoms with Crippen LogP contribution < -0.4 is 5.73 Å². The zero-order valence-electron chi connectivity index (χ0n) is 13.7. The summed E-state index contributed by atoms with van der Waals surface area (Å²) in [5, 5.41) is 4.16. The van der Waals surface area contributed by atoms with E-state index in [9.17, 15) is 4.79 Å². The molecule has 0 saturated carbocycles. The van der Waals surface area contributed by atoms with Crippen LogP contribution in [0.2, 0.25) is 0 Å². The average molecular weight is 329 g/mol. The van der Waals surface area contributed by atoms with Gasteiger partial charge in [0.25, 0.3) is 0 Å². The Hall–Kier alpha value is -2.15. The largest absolute Gasteiger partial charge is 0.381 e. The summed E-state index contributed by atoms with van der Waals surface area (Å²) in [7, 11) is 0. The molecule has 0 aliphatic carbocycles. The molecule has 7 heteroatoms. The van der Waals surface area contributed by atoms with E-state index in [-0.39, 0.29) is 17.7 Å². The minimum atomic E-state index is 0.118. The third-order valence-corrected chi connectivity index (χ3v) is 5.15. The van der Waals surface area contributed by atoms with Crippen LogP contribution in [0.5, 0.6) is 0 Å². The number of amides is 1. The molecule has 1 unspecified atom stereocenters. The standard InChI is InChI=1S/C17H23N5O2/c18-17-20-15(10-14-3-6-19-22(14)17)13-2-1-7-21(11-13)16(23)12-4-8-24-9-5-12/h3,6,10,12-13H,1-2,4-5,7-9,11H2,(H2,18,20). The van der Waals surface area contributed by atoms with Crippen LogP contribution in [-0.2, 0) is 9.53 Å². The number of rotatable bonds is 2. The molecule has 4 heterocycles. The number of piperidine rings is 1. The summed E-state index contributed by atoms with van der Waals surface area (Å²) in [6, 6.07) is 3.96. The molecule has 128 valence electrons. The zero-order valence-corrected chi connectivity index (χ0v) is 13.7. The molecule has 0 spiro atoms. The fourth-order valence-corrected chi connectivity index (χ4v) is 3.81. The Morgan fingerprint density at radius 1 is 1.29 bits per heavy atom. The number of nitrogens with zero attached hydrogens (tertiary/aromatic N) is 4. The van der Waals surface area contributed by atoms with Gasteiger partial charge in [0, 0.05) is 38.1 Å². The van der Waals surface area contributed by atoms with Crippen molar-refractivity contribution in [3.63, 3.8) is 0 Å². The van der Waals surface area contributed by atoms with E-state index in [0.29, 0.717) is 19.2 Å².